The number of amides is 1. The van der Waals surface area contributed by atoms with Crippen molar-refractivity contribution in [2.75, 3.05) is 30.5 Å². The number of aromatic nitrogens is 2. The summed E-state index contributed by atoms with van der Waals surface area (Å²) in [5.74, 6) is 7.30. The van der Waals surface area contributed by atoms with Crippen LogP contribution in [0.1, 0.15) is 33.5 Å². The van der Waals surface area contributed by atoms with Gasteiger partial charge in [-0.3, -0.25) is 4.79 Å². The van der Waals surface area contributed by atoms with E-state index in [0.29, 0.717) is 24.0 Å². The van der Waals surface area contributed by atoms with Crippen LogP contribution in [0.5, 0.6) is 0 Å². The molecule has 0 fully saturated rings. The molecule has 4 N–H and O–H groups in total. The molecule has 7 heteroatoms. The van der Waals surface area contributed by atoms with Crippen molar-refractivity contribution in [3.05, 3.63) is 11.9 Å². The highest BCUT2D eigenvalue weighted by Gasteiger charge is 2.21. The Balaban J connectivity index is 3.17. The van der Waals surface area contributed by atoms with Gasteiger partial charge in [-0.25, -0.2) is 15.8 Å². The highest BCUT2D eigenvalue weighted by atomic mass is 16.1. The van der Waals surface area contributed by atoms with Crippen LogP contribution in [0.2, 0.25) is 0 Å². The van der Waals surface area contributed by atoms with Crippen molar-refractivity contribution in [1.82, 2.24) is 15.3 Å². The first-order chi connectivity index (χ1) is 9.31. The second-order valence-electron chi connectivity index (χ2n) is 5.52. The number of hydrazine groups is 1. The van der Waals surface area contributed by atoms with Gasteiger partial charge in [-0.05, 0) is 6.92 Å². The first-order valence-electron chi connectivity index (χ1n) is 6.63. The zero-order valence-electron chi connectivity index (χ0n) is 12.8. The Morgan fingerprint density at radius 2 is 2.05 bits per heavy atom. The normalized spacial score (nSPS) is 11.1. The molecule has 1 rings (SSSR count). The van der Waals surface area contributed by atoms with Crippen LogP contribution < -0.4 is 21.5 Å². The Bertz CT molecular complexity index is 468. The van der Waals surface area contributed by atoms with Gasteiger partial charge in [-0.15, -0.1) is 0 Å². The minimum atomic E-state index is -0.200. The number of carbonyl (C=O) groups is 1. The minimum Gasteiger partial charge on any atom is -0.358 e. The summed E-state index contributed by atoms with van der Waals surface area (Å²) in [5.41, 5.74) is 2.35. The third-order valence-corrected chi connectivity index (χ3v) is 2.85. The molecule has 1 aromatic rings. The van der Waals surface area contributed by atoms with Crippen molar-refractivity contribution < 1.29 is 4.79 Å². The number of nitrogens with one attached hydrogen (secondary N) is 2. The maximum Gasteiger partial charge on any atom is 0.239 e. The van der Waals surface area contributed by atoms with Gasteiger partial charge in [0.2, 0.25) is 5.91 Å². The van der Waals surface area contributed by atoms with Gasteiger partial charge in [0.25, 0.3) is 0 Å². The van der Waals surface area contributed by atoms with Crippen molar-refractivity contribution in [2.45, 2.75) is 33.1 Å². The zero-order chi connectivity index (χ0) is 15.3. The summed E-state index contributed by atoms with van der Waals surface area (Å²) in [5, 5.41) is 2.61. The molecule has 1 amide bonds. The molecular weight excluding hydrogens is 256 g/mol. The zero-order valence-corrected chi connectivity index (χ0v) is 12.8. The van der Waals surface area contributed by atoms with Crippen molar-refractivity contribution >= 4 is 17.5 Å². The van der Waals surface area contributed by atoms with Crippen LogP contribution >= 0.6 is 0 Å². The van der Waals surface area contributed by atoms with E-state index in [9.17, 15) is 4.79 Å². The molecule has 1 heterocycles. The van der Waals surface area contributed by atoms with Crippen LogP contribution in [0, 0.1) is 0 Å². The molecule has 0 unspecified atom stereocenters. The quantitative estimate of drug-likeness (QED) is 0.541. The Kier molecular flexibility index (Phi) is 5.26. The number of nitrogen functional groups attached to an aromatic ring is 1. The molecule has 7 nitrogen and oxygen atoms in total. The summed E-state index contributed by atoms with van der Waals surface area (Å²) in [6, 6.07) is 1.74. The van der Waals surface area contributed by atoms with Gasteiger partial charge < -0.3 is 15.6 Å². The van der Waals surface area contributed by atoms with E-state index in [1.807, 2.05) is 32.6 Å². The van der Waals surface area contributed by atoms with Crippen LogP contribution in [-0.4, -0.2) is 36.0 Å². The first kappa shape index (κ1) is 16.2. The van der Waals surface area contributed by atoms with Crippen molar-refractivity contribution in [3.63, 3.8) is 0 Å². The van der Waals surface area contributed by atoms with Gasteiger partial charge in [-0.2, -0.15) is 0 Å². The van der Waals surface area contributed by atoms with Crippen molar-refractivity contribution in [1.29, 1.82) is 0 Å². The lowest BCUT2D eigenvalue weighted by Gasteiger charge is -2.24. The van der Waals surface area contributed by atoms with Gasteiger partial charge in [0, 0.05) is 25.1 Å². The lowest BCUT2D eigenvalue weighted by molar-refractivity contribution is -0.119. The fourth-order valence-corrected chi connectivity index (χ4v) is 1.61. The Morgan fingerprint density at radius 3 is 2.50 bits per heavy atom. The minimum absolute atomic E-state index is 0.0648. The topological polar surface area (TPSA) is 96.2 Å². The number of nitrogens with two attached hydrogens (primary N) is 1. The van der Waals surface area contributed by atoms with Crippen molar-refractivity contribution in [2.24, 2.45) is 5.84 Å². The molecule has 1 aromatic heterocycles. The van der Waals surface area contributed by atoms with E-state index in [1.54, 1.807) is 13.1 Å². The molecule has 0 saturated carbocycles. The molecule has 20 heavy (non-hydrogen) atoms. The summed E-state index contributed by atoms with van der Waals surface area (Å²) < 4.78 is 0. The van der Waals surface area contributed by atoms with Crippen LogP contribution in [0.15, 0.2) is 6.07 Å². The molecule has 0 aromatic carbocycles. The molecular formula is C13H24N6O. The third kappa shape index (κ3) is 4.06. The summed E-state index contributed by atoms with van der Waals surface area (Å²) in [6.45, 7) is 8.97. The largest absolute Gasteiger partial charge is 0.358 e. The second-order valence-corrected chi connectivity index (χ2v) is 5.52. The van der Waals surface area contributed by atoms with E-state index < -0.39 is 0 Å². The third-order valence-electron chi connectivity index (χ3n) is 2.85. The van der Waals surface area contributed by atoms with Crippen molar-refractivity contribution in [3.8, 4) is 0 Å². The number of likely N-dealkylation sites (N-methyl/N-ethyl adjacent to an activating group) is 2. The highest BCUT2D eigenvalue weighted by Crippen LogP contribution is 2.23. The standard InChI is InChI=1S/C13H24N6O/c1-6-19(8-11(20)15-5)10-7-9(18-14)16-12(17-10)13(2,3)4/h7H,6,8,14H2,1-5H3,(H,15,20)(H,16,17,18). The summed E-state index contributed by atoms with van der Waals surface area (Å²) in [6.07, 6.45) is 0. The molecule has 0 aliphatic carbocycles. The number of hydrogen-bond acceptors (Lipinski definition) is 6. The van der Waals surface area contributed by atoms with E-state index in [2.05, 4.69) is 20.7 Å². The maximum absolute atomic E-state index is 11.6. The van der Waals surface area contributed by atoms with Crippen LogP contribution in [0.25, 0.3) is 0 Å². The van der Waals surface area contributed by atoms with Gasteiger partial charge in [0.05, 0.1) is 6.54 Å². The van der Waals surface area contributed by atoms with Crippen LogP contribution in [-0.2, 0) is 10.2 Å². The van der Waals surface area contributed by atoms with Gasteiger partial charge in [0.1, 0.15) is 17.5 Å². The SMILES string of the molecule is CCN(CC(=O)NC)c1cc(NN)nc(C(C)(C)C)n1. The van der Waals surface area contributed by atoms with Gasteiger partial charge in [0.15, 0.2) is 0 Å². The highest BCUT2D eigenvalue weighted by molar-refractivity contribution is 5.80. The molecule has 0 atom stereocenters. The monoisotopic (exact) mass is 280 g/mol. The average Bonchev–Trinajstić information content (AvgIpc) is 2.42. The fourth-order valence-electron chi connectivity index (χ4n) is 1.61. The number of anilines is 2. The van der Waals surface area contributed by atoms with E-state index in [-0.39, 0.29) is 17.9 Å². The molecule has 0 saturated heterocycles. The molecule has 112 valence electrons. The smallest absolute Gasteiger partial charge is 0.239 e. The van der Waals surface area contributed by atoms with E-state index in [4.69, 9.17) is 5.84 Å². The average molecular weight is 280 g/mol. The number of carbonyl (C=O) groups excluding carboxylic acids is 1. The van der Waals surface area contributed by atoms with E-state index >= 15 is 0 Å². The lowest BCUT2D eigenvalue weighted by atomic mass is 9.96. The molecule has 0 radical (unpaired) electrons. The first-order valence-corrected chi connectivity index (χ1v) is 6.63. The van der Waals surface area contributed by atoms with Gasteiger partial charge >= 0.3 is 0 Å². The molecule has 0 bridgehead atoms. The second kappa shape index (κ2) is 6.51. The predicted octanol–water partition coefficient (Wildman–Crippen LogP) is 0.632. The van der Waals surface area contributed by atoms with Gasteiger partial charge in [-0.1, -0.05) is 20.8 Å². The number of nitrogens with zero attached hydrogens (tertiary/aromatic N) is 3. The van der Waals surface area contributed by atoms with E-state index in [1.165, 1.54) is 0 Å². The Hall–Kier alpha value is -1.89. The number of hydrogen-bond donors (Lipinski definition) is 3. The molecule has 0 spiro atoms. The summed E-state index contributed by atoms with van der Waals surface area (Å²) in [7, 11) is 1.61. The number of rotatable bonds is 5. The van der Waals surface area contributed by atoms with Crippen LogP contribution in [0.4, 0.5) is 11.6 Å². The Morgan fingerprint density at radius 1 is 1.40 bits per heavy atom. The lowest BCUT2D eigenvalue weighted by Crippen LogP contribution is -2.36. The predicted molar refractivity (Wildman–Crippen MR) is 80.5 cm³/mol. The maximum atomic E-state index is 11.6. The molecule has 0 aliphatic rings. The van der Waals surface area contributed by atoms with Crippen LogP contribution in [0.3, 0.4) is 0 Å². The summed E-state index contributed by atoms with van der Waals surface area (Å²) in [4.78, 5) is 22.3. The fraction of sp³-hybridized carbons (Fsp3) is 0.615. The molecule has 0 aliphatic heterocycles. The van der Waals surface area contributed by atoms with E-state index in [0.717, 1.165) is 0 Å². The Labute approximate surface area is 119 Å². The summed E-state index contributed by atoms with van der Waals surface area (Å²) >= 11 is 0.